The molecule has 1 aromatic heterocycles. The number of carbonyl (C=O) groups is 1. The van der Waals surface area contributed by atoms with Gasteiger partial charge in [0.05, 0.1) is 6.19 Å². The summed E-state index contributed by atoms with van der Waals surface area (Å²) < 4.78 is 0. The lowest BCUT2D eigenvalue weighted by molar-refractivity contribution is 0.566. The Labute approximate surface area is 104 Å². The number of hydrogen-bond acceptors (Lipinski definition) is 4. The van der Waals surface area contributed by atoms with Gasteiger partial charge in [0.1, 0.15) is 0 Å². The second-order valence-corrected chi connectivity index (χ2v) is 3.81. The van der Waals surface area contributed by atoms with Crippen LogP contribution in [0.25, 0.3) is 0 Å². The second-order valence-electron chi connectivity index (χ2n) is 3.07. The van der Waals surface area contributed by atoms with Crippen molar-refractivity contribution in [1.29, 1.82) is 0 Å². The number of nitrogens with zero attached hydrogens (tertiary/aromatic N) is 2. The quantitative estimate of drug-likeness (QED) is 0.477. The average Bonchev–Trinajstić information content (AvgIpc) is 2.28. The van der Waals surface area contributed by atoms with E-state index in [1.165, 1.54) is 0 Å². The molecule has 0 saturated heterocycles. The Morgan fingerprint density at radius 2 is 2.31 bits per heavy atom. The number of halogens is 2. The predicted molar refractivity (Wildman–Crippen MR) is 66.6 cm³/mol. The molecular weight excluding hydrogens is 248 g/mol. The molecule has 84 valence electrons. The first-order chi connectivity index (χ1) is 7.69. The minimum atomic E-state index is -0.136. The van der Waals surface area contributed by atoms with Crippen LogP contribution < -0.4 is 5.23 Å². The van der Waals surface area contributed by atoms with E-state index in [0.717, 1.165) is 6.19 Å². The van der Waals surface area contributed by atoms with Gasteiger partial charge in [0.2, 0.25) is 0 Å². The van der Waals surface area contributed by atoms with Gasteiger partial charge in [-0.3, -0.25) is 0 Å². The molecule has 0 spiro atoms. The number of carbonyl (C=O) groups excluding carboxylic acids is 1. The molecule has 1 heterocycles. The molecule has 0 bridgehead atoms. The van der Waals surface area contributed by atoms with Crippen LogP contribution in [0.5, 0.6) is 0 Å². The lowest BCUT2D eigenvalue weighted by atomic mass is 9.93. The van der Waals surface area contributed by atoms with E-state index in [2.05, 4.69) is 22.0 Å². The standard InChI is InChI=1S/C9H10BCl2N3O/c1-2-3-7(13-10-5-16)6-4-8(11)14-15-9(6)12/h2,4-5,7,10,13H,1,3H2. The SMILES string of the molecule is C=CCC(NBC=O)c1cc(Cl)nnc1Cl. The van der Waals surface area contributed by atoms with Gasteiger partial charge in [0.25, 0.3) is 7.41 Å². The highest BCUT2D eigenvalue weighted by Gasteiger charge is 2.15. The van der Waals surface area contributed by atoms with Crippen molar-refractivity contribution >= 4 is 36.8 Å². The molecule has 1 N–H and O–H groups in total. The average molecular weight is 258 g/mol. The summed E-state index contributed by atoms with van der Waals surface area (Å²) in [5, 5.41) is 10.9. The van der Waals surface area contributed by atoms with Gasteiger partial charge in [-0.15, -0.1) is 16.8 Å². The topological polar surface area (TPSA) is 54.9 Å². The van der Waals surface area contributed by atoms with Gasteiger partial charge >= 0.3 is 0 Å². The van der Waals surface area contributed by atoms with Crippen LogP contribution in [0.4, 0.5) is 0 Å². The third-order valence-corrected chi connectivity index (χ3v) is 2.45. The van der Waals surface area contributed by atoms with E-state index in [0.29, 0.717) is 12.0 Å². The summed E-state index contributed by atoms with van der Waals surface area (Å²) in [6, 6.07) is 1.49. The zero-order chi connectivity index (χ0) is 12.0. The van der Waals surface area contributed by atoms with E-state index >= 15 is 0 Å². The number of aromatic nitrogens is 2. The first kappa shape index (κ1) is 13.2. The largest absolute Gasteiger partial charge is 0.346 e. The van der Waals surface area contributed by atoms with E-state index in [4.69, 9.17) is 23.2 Å². The van der Waals surface area contributed by atoms with Crippen LogP contribution in [0.2, 0.25) is 10.3 Å². The Bertz CT molecular complexity index is 389. The first-order valence-corrected chi connectivity index (χ1v) is 5.41. The third-order valence-electron chi connectivity index (χ3n) is 1.97. The van der Waals surface area contributed by atoms with Gasteiger partial charge in [-0.1, -0.05) is 29.3 Å². The molecule has 0 radical (unpaired) electrons. The molecule has 0 saturated carbocycles. The first-order valence-electron chi connectivity index (χ1n) is 4.65. The van der Waals surface area contributed by atoms with Crippen LogP contribution in [-0.4, -0.2) is 23.8 Å². The van der Waals surface area contributed by atoms with E-state index < -0.39 is 0 Å². The summed E-state index contributed by atoms with van der Waals surface area (Å²) in [5.41, 5.74) is 0.711. The molecule has 1 rings (SSSR count). The Morgan fingerprint density at radius 1 is 1.56 bits per heavy atom. The fourth-order valence-electron chi connectivity index (χ4n) is 1.29. The van der Waals surface area contributed by atoms with Crippen LogP contribution in [0.15, 0.2) is 18.7 Å². The molecule has 0 aliphatic heterocycles. The summed E-state index contributed by atoms with van der Waals surface area (Å²) in [5.74, 6) is 0. The van der Waals surface area contributed by atoms with E-state index in [1.54, 1.807) is 12.1 Å². The minimum Gasteiger partial charge on any atom is -0.346 e. The lowest BCUT2D eigenvalue weighted by Gasteiger charge is -2.16. The van der Waals surface area contributed by atoms with Crippen molar-refractivity contribution in [3.05, 3.63) is 34.6 Å². The van der Waals surface area contributed by atoms with Crippen LogP contribution >= 0.6 is 23.2 Å². The van der Waals surface area contributed by atoms with Gasteiger partial charge < -0.3 is 10.0 Å². The van der Waals surface area contributed by atoms with Crippen LogP contribution in [0.1, 0.15) is 18.0 Å². The predicted octanol–water partition coefficient (Wildman–Crippen LogP) is 1.53. The van der Waals surface area contributed by atoms with Crippen molar-refractivity contribution in [2.75, 3.05) is 0 Å². The summed E-state index contributed by atoms with van der Waals surface area (Å²) in [4.78, 5) is 10.3. The number of rotatable bonds is 6. The highest BCUT2D eigenvalue weighted by atomic mass is 35.5. The molecule has 0 amide bonds. The zero-order valence-electron chi connectivity index (χ0n) is 8.49. The Morgan fingerprint density at radius 3 is 2.94 bits per heavy atom. The maximum Gasteiger partial charge on any atom is 0.278 e. The molecule has 1 atom stereocenters. The molecule has 4 nitrogen and oxygen atoms in total. The van der Waals surface area contributed by atoms with Crippen molar-refractivity contribution in [2.24, 2.45) is 0 Å². The molecule has 0 fully saturated rings. The van der Waals surface area contributed by atoms with Crippen LogP contribution in [-0.2, 0) is 4.79 Å². The highest BCUT2D eigenvalue weighted by Crippen LogP contribution is 2.24. The maximum absolute atomic E-state index is 10.3. The van der Waals surface area contributed by atoms with Crippen LogP contribution in [0.3, 0.4) is 0 Å². The third kappa shape index (κ3) is 3.59. The van der Waals surface area contributed by atoms with Crippen molar-refractivity contribution < 1.29 is 4.79 Å². The Hall–Kier alpha value is -0.905. The molecule has 0 aliphatic rings. The highest BCUT2D eigenvalue weighted by molar-refractivity contribution is 6.64. The molecule has 0 aliphatic carbocycles. The number of nitrogens with one attached hydrogen (secondary N) is 1. The fourth-order valence-corrected chi connectivity index (χ4v) is 1.67. The smallest absolute Gasteiger partial charge is 0.278 e. The van der Waals surface area contributed by atoms with Crippen molar-refractivity contribution in [3.8, 4) is 0 Å². The van der Waals surface area contributed by atoms with Crippen molar-refractivity contribution in [2.45, 2.75) is 12.5 Å². The van der Waals surface area contributed by atoms with Crippen LogP contribution in [0, 0.1) is 0 Å². The van der Waals surface area contributed by atoms with Gasteiger partial charge in [-0.05, 0) is 12.5 Å². The van der Waals surface area contributed by atoms with E-state index in [-0.39, 0.29) is 23.8 Å². The minimum absolute atomic E-state index is 0.136. The molecule has 1 aromatic rings. The number of hydrogen-bond donors (Lipinski definition) is 1. The van der Waals surface area contributed by atoms with E-state index in [1.807, 2.05) is 0 Å². The van der Waals surface area contributed by atoms with Gasteiger partial charge in [0, 0.05) is 11.6 Å². The molecule has 1 unspecified atom stereocenters. The fraction of sp³-hybridized carbons (Fsp3) is 0.222. The Balaban J connectivity index is 2.94. The molecule has 16 heavy (non-hydrogen) atoms. The summed E-state index contributed by atoms with van der Waals surface area (Å²) in [6.45, 7) is 3.65. The van der Waals surface area contributed by atoms with Gasteiger partial charge in [-0.2, -0.15) is 0 Å². The normalized spacial score (nSPS) is 11.9. The van der Waals surface area contributed by atoms with Crippen molar-refractivity contribution in [3.63, 3.8) is 0 Å². The molecule has 0 aromatic carbocycles. The lowest BCUT2D eigenvalue weighted by Crippen LogP contribution is -2.26. The Kier molecular flexibility index (Phi) is 5.45. The second kappa shape index (κ2) is 6.63. The summed E-state index contributed by atoms with van der Waals surface area (Å²) in [7, 11) is 0.231. The van der Waals surface area contributed by atoms with Gasteiger partial charge in [-0.25, -0.2) is 0 Å². The molecular formula is C9H10BCl2N3O. The van der Waals surface area contributed by atoms with Crippen molar-refractivity contribution in [1.82, 2.24) is 15.4 Å². The summed E-state index contributed by atoms with van der Waals surface area (Å²) in [6.07, 6.45) is 3.13. The monoisotopic (exact) mass is 257 g/mol. The van der Waals surface area contributed by atoms with Gasteiger partial charge in [0.15, 0.2) is 10.3 Å². The molecule has 7 heteroatoms. The maximum atomic E-state index is 10.3. The zero-order valence-corrected chi connectivity index (χ0v) is 10.0. The summed E-state index contributed by atoms with van der Waals surface area (Å²) >= 11 is 11.7. The van der Waals surface area contributed by atoms with E-state index in [9.17, 15) is 4.79 Å².